The van der Waals surface area contributed by atoms with Gasteiger partial charge in [-0.2, -0.15) is 0 Å². The topological polar surface area (TPSA) is 59.5 Å². The number of nitrogens with zero attached hydrogens (tertiary/aromatic N) is 2. The van der Waals surface area contributed by atoms with E-state index in [1.54, 1.807) is 19.3 Å². The van der Waals surface area contributed by atoms with Gasteiger partial charge in [-0.3, -0.25) is 14.6 Å². The van der Waals surface area contributed by atoms with Gasteiger partial charge in [-0.1, -0.05) is 0 Å². The number of carbonyl (C=O) groups excluding carboxylic acids is 2. The van der Waals surface area contributed by atoms with Gasteiger partial charge in [-0.05, 0) is 37.5 Å². The van der Waals surface area contributed by atoms with Gasteiger partial charge in [0, 0.05) is 31.4 Å². The number of ether oxygens (including phenoxy) is 1. The SMILES string of the molecule is CCOC(=O)CCC(=O)N(Cc1ccncc1)C1CC1. The summed E-state index contributed by atoms with van der Waals surface area (Å²) in [4.78, 5) is 29.4. The lowest BCUT2D eigenvalue weighted by Gasteiger charge is -2.22. The number of amides is 1. The van der Waals surface area contributed by atoms with Gasteiger partial charge in [0.15, 0.2) is 0 Å². The molecule has 0 aliphatic heterocycles. The molecule has 0 spiro atoms. The number of aromatic nitrogens is 1. The summed E-state index contributed by atoms with van der Waals surface area (Å²) in [6.45, 7) is 2.71. The Kier molecular flexibility index (Phi) is 5.09. The molecule has 108 valence electrons. The average Bonchev–Trinajstić information content (AvgIpc) is 3.28. The summed E-state index contributed by atoms with van der Waals surface area (Å²) >= 11 is 0. The first-order valence-corrected chi connectivity index (χ1v) is 7.04. The fourth-order valence-corrected chi connectivity index (χ4v) is 2.08. The molecule has 0 radical (unpaired) electrons. The van der Waals surface area contributed by atoms with E-state index in [-0.39, 0.29) is 24.7 Å². The summed E-state index contributed by atoms with van der Waals surface area (Å²) < 4.78 is 4.85. The van der Waals surface area contributed by atoms with E-state index < -0.39 is 0 Å². The summed E-state index contributed by atoms with van der Waals surface area (Å²) in [6.07, 6.45) is 5.94. The highest BCUT2D eigenvalue weighted by Gasteiger charge is 2.32. The lowest BCUT2D eigenvalue weighted by molar-refractivity contribution is -0.146. The lowest BCUT2D eigenvalue weighted by atomic mass is 10.2. The number of pyridine rings is 1. The second-order valence-electron chi connectivity index (χ2n) is 4.91. The van der Waals surface area contributed by atoms with Crippen molar-refractivity contribution in [1.29, 1.82) is 0 Å². The molecule has 1 aliphatic carbocycles. The molecule has 20 heavy (non-hydrogen) atoms. The summed E-state index contributed by atoms with van der Waals surface area (Å²) in [5, 5.41) is 0. The van der Waals surface area contributed by atoms with E-state index in [0.717, 1.165) is 18.4 Å². The highest BCUT2D eigenvalue weighted by atomic mass is 16.5. The second kappa shape index (κ2) is 7.03. The van der Waals surface area contributed by atoms with Crippen molar-refractivity contribution in [2.45, 2.75) is 45.2 Å². The highest BCUT2D eigenvalue weighted by Crippen LogP contribution is 2.29. The van der Waals surface area contributed by atoms with Crippen LogP contribution in [0.4, 0.5) is 0 Å². The van der Waals surface area contributed by atoms with Crippen molar-refractivity contribution in [3.05, 3.63) is 30.1 Å². The number of esters is 1. The summed E-state index contributed by atoms with van der Waals surface area (Å²) in [5.41, 5.74) is 1.07. The molecule has 1 aromatic heterocycles. The van der Waals surface area contributed by atoms with Crippen LogP contribution in [0.25, 0.3) is 0 Å². The normalized spacial score (nSPS) is 13.8. The van der Waals surface area contributed by atoms with Crippen LogP contribution in [-0.4, -0.2) is 34.4 Å². The molecule has 1 aliphatic rings. The molecule has 0 bridgehead atoms. The lowest BCUT2D eigenvalue weighted by Crippen LogP contribution is -2.32. The van der Waals surface area contributed by atoms with E-state index >= 15 is 0 Å². The van der Waals surface area contributed by atoms with Gasteiger partial charge in [0.1, 0.15) is 0 Å². The Morgan fingerprint density at radius 1 is 1.30 bits per heavy atom. The smallest absolute Gasteiger partial charge is 0.306 e. The van der Waals surface area contributed by atoms with Crippen LogP contribution in [0.15, 0.2) is 24.5 Å². The van der Waals surface area contributed by atoms with Gasteiger partial charge in [0.2, 0.25) is 5.91 Å². The van der Waals surface area contributed by atoms with Crippen LogP contribution in [0.5, 0.6) is 0 Å². The molecule has 5 heteroatoms. The predicted octanol–water partition coefficient (Wildman–Crippen LogP) is 1.92. The van der Waals surface area contributed by atoms with Crippen molar-refractivity contribution >= 4 is 11.9 Å². The van der Waals surface area contributed by atoms with Crippen LogP contribution in [0.2, 0.25) is 0 Å². The zero-order valence-corrected chi connectivity index (χ0v) is 11.7. The summed E-state index contributed by atoms with van der Waals surface area (Å²) in [6, 6.07) is 4.15. The third-order valence-corrected chi connectivity index (χ3v) is 3.26. The zero-order chi connectivity index (χ0) is 14.4. The first-order chi connectivity index (χ1) is 9.70. The minimum atomic E-state index is -0.305. The van der Waals surface area contributed by atoms with E-state index in [4.69, 9.17) is 4.74 Å². The summed E-state index contributed by atoms with van der Waals surface area (Å²) in [5.74, 6) is -0.280. The van der Waals surface area contributed by atoms with E-state index in [2.05, 4.69) is 4.98 Å². The zero-order valence-electron chi connectivity index (χ0n) is 11.7. The van der Waals surface area contributed by atoms with Gasteiger partial charge in [-0.25, -0.2) is 0 Å². The van der Waals surface area contributed by atoms with Crippen LogP contribution in [0.3, 0.4) is 0 Å². The molecule has 1 fully saturated rings. The number of hydrogen-bond donors (Lipinski definition) is 0. The fraction of sp³-hybridized carbons (Fsp3) is 0.533. The Balaban J connectivity index is 1.88. The quantitative estimate of drug-likeness (QED) is 0.714. The van der Waals surface area contributed by atoms with Crippen LogP contribution < -0.4 is 0 Å². The molecule has 0 N–H and O–H groups in total. The van der Waals surface area contributed by atoms with E-state index in [1.165, 1.54) is 0 Å². The van der Waals surface area contributed by atoms with Crippen LogP contribution >= 0.6 is 0 Å². The first kappa shape index (κ1) is 14.5. The molecule has 0 atom stereocenters. The standard InChI is InChI=1S/C15H20N2O3/c1-2-20-15(19)6-5-14(18)17(13-3-4-13)11-12-7-9-16-10-8-12/h7-10,13H,2-6,11H2,1H3. The Labute approximate surface area is 118 Å². The molecule has 0 unspecified atom stereocenters. The van der Waals surface area contributed by atoms with Crippen molar-refractivity contribution in [1.82, 2.24) is 9.88 Å². The Hall–Kier alpha value is -1.91. The molecule has 0 saturated heterocycles. The number of carbonyl (C=O) groups is 2. The Bertz CT molecular complexity index is 457. The largest absolute Gasteiger partial charge is 0.466 e. The van der Waals surface area contributed by atoms with Crippen LogP contribution in [-0.2, 0) is 20.9 Å². The molecule has 2 rings (SSSR count). The minimum Gasteiger partial charge on any atom is -0.466 e. The third-order valence-electron chi connectivity index (χ3n) is 3.26. The van der Waals surface area contributed by atoms with Gasteiger partial charge in [-0.15, -0.1) is 0 Å². The van der Waals surface area contributed by atoms with Crippen LogP contribution in [0.1, 0.15) is 38.2 Å². The summed E-state index contributed by atoms with van der Waals surface area (Å²) in [7, 11) is 0. The minimum absolute atomic E-state index is 0.0253. The van der Waals surface area contributed by atoms with Crippen molar-refractivity contribution in [3.8, 4) is 0 Å². The predicted molar refractivity (Wildman–Crippen MR) is 73.7 cm³/mol. The maximum absolute atomic E-state index is 12.2. The molecule has 1 saturated carbocycles. The third kappa shape index (κ3) is 4.33. The van der Waals surface area contributed by atoms with Crippen molar-refractivity contribution in [2.24, 2.45) is 0 Å². The van der Waals surface area contributed by atoms with Gasteiger partial charge in [0.25, 0.3) is 0 Å². The highest BCUT2D eigenvalue weighted by molar-refractivity contribution is 5.81. The monoisotopic (exact) mass is 276 g/mol. The van der Waals surface area contributed by atoms with Crippen molar-refractivity contribution in [3.63, 3.8) is 0 Å². The molecule has 0 aromatic carbocycles. The average molecular weight is 276 g/mol. The van der Waals surface area contributed by atoms with Crippen molar-refractivity contribution < 1.29 is 14.3 Å². The van der Waals surface area contributed by atoms with E-state index in [0.29, 0.717) is 19.2 Å². The molecule has 1 heterocycles. The van der Waals surface area contributed by atoms with E-state index in [9.17, 15) is 9.59 Å². The first-order valence-electron chi connectivity index (χ1n) is 7.04. The molecule has 1 amide bonds. The molecular weight excluding hydrogens is 256 g/mol. The Morgan fingerprint density at radius 2 is 2.00 bits per heavy atom. The maximum atomic E-state index is 12.2. The van der Waals surface area contributed by atoms with Gasteiger partial charge < -0.3 is 9.64 Å². The number of rotatable bonds is 7. The molecule has 5 nitrogen and oxygen atoms in total. The molecular formula is C15H20N2O3. The maximum Gasteiger partial charge on any atom is 0.306 e. The second-order valence-corrected chi connectivity index (χ2v) is 4.91. The Morgan fingerprint density at radius 3 is 2.60 bits per heavy atom. The van der Waals surface area contributed by atoms with Crippen molar-refractivity contribution in [2.75, 3.05) is 6.61 Å². The van der Waals surface area contributed by atoms with Gasteiger partial charge in [0.05, 0.1) is 13.0 Å². The van der Waals surface area contributed by atoms with Crippen LogP contribution in [0, 0.1) is 0 Å². The fourth-order valence-electron chi connectivity index (χ4n) is 2.08. The molecule has 1 aromatic rings. The van der Waals surface area contributed by atoms with E-state index in [1.807, 2.05) is 17.0 Å². The number of hydrogen-bond acceptors (Lipinski definition) is 4. The van der Waals surface area contributed by atoms with Gasteiger partial charge >= 0.3 is 5.97 Å².